The van der Waals surface area contributed by atoms with Crippen LogP contribution in [0.3, 0.4) is 0 Å². The SMILES string of the molecule is COc1cc(-c2csc(=Nc3ccc(C)cc3C)n2/N=C\c2ccc3ncccc3c2)cc(OC)c1OC. The molecule has 0 aliphatic carbocycles. The van der Waals surface area contributed by atoms with E-state index < -0.39 is 0 Å². The van der Waals surface area contributed by atoms with Crippen molar-refractivity contribution in [3.63, 3.8) is 0 Å². The molecule has 0 bridgehead atoms. The quantitative estimate of drug-likeness (QED) is 0.227. The molecule has 0 atom stereocenters. The van der Waals surface area contributed by atoms with Crippen LogP contribution >= 0.6 is 11.3 Å². The largest absolute Gasteiger partial charge is 0.493 e. The Morgan fingerprint density at radius 1 is 0.895 bits per heavy atom. The van der Waals surface area contributed by atoms with Gasteiger partial charge in [-0.05, 0) is 61.4 Å². The van der Waals surface area contributed by atoms with E-state index in [4.69, 9.17) is 24.3 Å². The van der Waals surface area contributed by atoms with Gasteiger partial charge in [-0.2, -0.15) is 5.10 Å². The molecule has 7 nitrogen and oxygen atoms in total. The average Bonchev–Trinajstić information content (AvgIpc) is 3.34. The van der Waals surface area contributed by atoms with Crippen molar-refractivity contribution in [2.75, 3.05) is 21.3 Å². The zero-order valence-corrected chi connectivity index (χ0v) is 22.7. The minimum absolute atomic E-state index is 0.536. The highest BCUT2D eigenvalue weighted by molar-refractivity contribution is 7.07. The molecular formula is C30H28N4O3S. The highest BCUT2D eigenvalue weighted by Crippen LogP contribution is 2.41. The third kappa shape index (κ3) is 5.03. The number of hydrogen-bond donors (Lipinski definition) is 0. The monoisotopic (exact) mass is 524 g/mol. The molecule has 0 radical (unpaired) electrons. The topological polar surface area (TPSA) is 70.2 Å². The zero-order chi connectivity index (χ0) is 26.6. The molecule has 0 saturated carbocycles. The predicted molar refractivity (Wildman–Crippen MR) is 153 cm³/mol. The van der Waals surface area contributed by atoms with Crippen LogP contribution in [0.5, 0.6) is 17.2 Å². The van der Waals surface area contributed by atoms with Gasteiger partial charge in [-0.25, -0.2) is 9.67 Å². The van der Waals surface area contributed by atoms with E-state index in [9.17, 15) is 0 Å². The maximum atomic E-state index is 5.60. The van der Waals surface area contributed by atoms with Gasteiger partial charge in [0.25, 0.3) is 0 Å². The van der Waals surface area contributed by atoms with Crippen LogP contribution in [0.2, 0.25) is 0 Å². The summed E-state index contributed by atoms with van der Waals surface area (Å²) in [6.07, 6.45) is 3.63. The first kappa shape index (κ1) is 25.2. The number of aromatic nitrogens is 2. The molecule has 0 saturated heterocycles. The van der Waals surface area contributed by atoms with Crippen LogP contribution in [-0.4, -0.2) is 37.2 Å². The fourth-order valence-electron chi connectivity index (χ4n) is 4.25. The molecular weight excluding hydrogens is 496 g/mol. The fraction of sp³-hybridized carbons (Fsp3) is 0.167. The minimum Gasteiger partial charge on any atom is -0.493 e. The van der Waals surface area contributed by atoms with Gasteiger partial charge < -0.3 is 14.2 Å². The van der Waals surface area contributed by atoms with Gasteiger partial charge in [0.2, 0.25) is 10.6 Å². The van der Waals surface area contributed by atoms with Gasteiger partial charge in [-0.3, -0.25) is 4.98 Å². The lowest BCUT2D eigenvalue weighted by Crippen LogP contribution is -2.12. The smallest absolute Gasteiger partial charge is 0.211 e. The zero-order valence-electron chi connectivity index (χ0n) is 21.9. The van der Waals surface area contributed by atoms with Crippen molar-refractivity contribution >= 4 is 34.1 Å². The number of fused-ring (bicyclic) bond motifs is 1. The van der Waals surface area contributed by atoms with Gasteiger partial charge >= 0.3 is 0 Å². The van der Waals surface area contributed by atoms with Gasteiger partial charge in [0.05, 0.1) is 44.4 Å². The van der Waals surface area contributed by atoms with Gasteiger partial charge in [-0.1, -0.05) is 29.8 Å². The summed E-state index contributed by atoms with van der Waals surface area (Å²) in [7, 11) is 4.81. The Morgan fingerprint density at radius 2 is 1.68 bits per heavy atom. The second-order valence-corrected chi connectivity index (χ2v) is 9.57. The summed E-state index contributed by atoms with van der Waals surface area (Å²) in [5.41, 5.74) is 6.80. The first-order valence-corrected chi connectivity index (χ1v) is 12.9. The summed E-state index contributed by atoms with van der Waals surface area (Å²) in [5.74, 6) is 1.67. The second-order valence-electron chi connectivity index (χ2n) is 8.73. The summed E-state index contributed by atoms with van der Waals surface area (Å²) < 4.78 is 18.6. The molecule has 5 aromatic rings. The van der Waals surface area contributed by atoms with Crippen molar-refractivity contribution in [1.29, 1.82) is 0 Å². The lowest BCUT2D eigenvalue weighted by atomic mass is 10.1. The molecule has 0 aliphatic heterocycles. The highest BCUT2D eigenvalue weighted by Gasteiger charge is 2.17. The van der Waals surface area contributed by atoms with Gasteiger partial charge in [0.15, 0.2) is 11.5 Å². The lowest BCUT2D eigenvalue weighted by molar-refractivity contribution is 0.324. The van der Waals surface area contributed by atoms with E-state index in [2.05, 4.69) is 37.0 Å². The van der Waals surface area contributed by atoms with Crippen molar-refractivity contribution < 1.29 is 14.2 Å². The van der Waals surface area contributed by atoms with Crippen molar-refractivity contribution in [1.82, 2.24) is 9.66 Å². The van der Waals surface area contributed by atoms with Crippen LogP contribution in [-0.2, 0) is 0 Å². The van der Waals surface area contributed by atoms with Crippen LogP contribution in [0, 0.1) is 13.8 Å². The second kappa shape index (κ2) is 10.9. The fourth-order valence-corrected chi connectivity index (χ4v) is 5.10. The van der Waals surface area contributed by atoms with Crippen molar-refractivity contribution in [3.05, 3.63) is 93.7 Å². The van der Waals surface area contributed by atoms with Crippen molar-refractivity contribution in [2.24, 2.45) is 10.1 Å². The highest BCUT2D eigenvalue weighted by atomic mass is 32.1. The molecule has 5 rings (SSSR count). The first-order valence-electron chi connectivity index (χ1n) is 12.0. The normalized spacial score (nSPS) is 11.9. The number of nitrogens with zero attached hydrogens (tertiary/aromatic N) is 4. The van der Waals surface area contributed by atoms with E-state index >= 15 is 0 Å². The molecule has 0 unspecified atom stereocenters. The number of thiazole rings is 1. The summed E-state index contributed by atoms with van der Waals surface area (Å²) in [6.45, 7) is 4.14. The molecule has 192 valence electrons. The van der Waals surface area contributed by atoms with Crippen LogP contribution in [0.4, 0.5) is 5.69 Å². The molecule has 0 aliphatic rings. The first-order chi connectivity index (χ1) is 18.5. The number of aryl methyl sites for hydroxylation is 2. The Balaban J connectivity index is 1.68. The standard InChI is InChI=1S/C30H28N4O3S/c1-19-8-10-24(20(2)13-19)33-30-34(32-17-21-9-11-25-22(14-21)7-6-12-31-25)26(18-38-30)23-15-27(35-3)29(37-5)28(16-23)36-4/h6-18H,1-5H3/b32-17-,33-30?. The van der Waals surface area contributed by atoms with E-state index in [0.29, 0.717) is 17.2 Å². The van der Waals surface area contributed by atoms with E-state index in [-0.39, 0.29) is 0 Å². The van der Waals surface area contributed by atoms with Crippen LogP contribution in [0.1, 0.15) is 16.7 Å². The molecule has 0 amide bonds. The van der Waals surface area contributed by atoms with Gasteiger partial charge in [0.1, 0.15) is 0 Å². The molecule has 0 N–H and O–H groups in total. The summed E-state index contributed by atoms with van der Waals surface area (Å²) in [4.78, 5) is 10.1. The number of pyridine rings is 1. The van der Waals surface area contributed by atoms with Crippen LogP contribution in [0.15, 0.2) is 82.3 Å². The van der Waals surface area contributed by atoms with E-state index in [1.807, 2.05) is 58.7 Å². The number of rotatable bonds is 7. The Morgan fingerprint density at radius 3 is 2.39 bits per heavy atom. The molecule has 3 aromatic carbocycles. The number of ether oxygens (including phenoxy) is 3. The number of benzene rings is 3. The summed E-state index contributed by atoms with van der Waals surface area (Å²) in [6, 6.07) is 20.1. The Labute approximate surface area is 225 Å². The maximum Gasteiger partial charge on any atom is 0.211 e. The summed E-state index contributed by atoms with van der Waals surface area (Å²) in [5, 5.41) is 7.98. The van der Waals surface area contributed by atoms with Gasteiger partial charge in [-0.15, -0.1) is 11.3 Å². The molecule has 38 heavy (non-hydrogen) atoms. The predicted octanol–water partition coefficient (Wildman–Crippen LogP) is 6.52. The average molecular weight is 525 g/mol. The number of methoxy groups -OCH3 is 3. The third-order valence-electron chi connectivity index (χ3n) is 6.16. The molecule has 2 aromatic heterocycles. The van der Waals surface area contributed by atoms with Crippen LogP contribution in [0.25, 0.3) is 22.2 Å². The van der Waals surface area contributed by atoms with Gasteiger partial charge in [0, 0.05) is 22.5 Å². The Hall–Kier alpha value is -4.43. The van der Waals surface area contributed by atoms with E-state index in [1.165, 1.54) is 16.9 Å². The minimum atomic E-state index is 0.536. The molecule has 2 heterocycles. The van der Waals surface area contributed by atoms with E-state index in [0.717, 1.165) is 43.8 Å². The van der Waals surface area contributed by atoms with Crippen LogP contribution < -0.4 is 19.0 Å². The van der Waals surface area contributed by atoms with E-state index in [1.54, 1.807) is 27.5 Å². The van der Waals surface area contributed by atoms with Crippen molar-refractivity contribution in [2.45, 2.75) is 13.8 Å². The van der Waals surface area contributed by atoms with Crippen molar-refractivity contribution in [3.8, 4) is 28.5 Å². The maximum absolute atomic E-state index is 5.60. The Kier molecular flexibility index (Phi) is 7.24. The third-order valence-corrected chi connectivity index (χ3v) is 6.98. The molecule has 8 heteroatoms. The molecule has 0 spiro atoms. The lowest BCUT2D eigenvalue weighted by Gasteiger charge is -2.14. The Bertz CT molecular complexity index is 1690. The summed E-state index contributed by atoms with van der Waals surface area (Å²) >= 11 is 1.51. The number of hydrogen-bond acceptors (Lipinski definition) is 7. The molecule has 0 fully saturated rings.